The van der Waals surface area contributed by atoms with Gasteiger partial charge in [-0.15, -0.1) is 0 Å². The van der Waals surface area contributed by atoms with Crippen LogP contribution < -0.4 is 10.4 Å². The first-order valence-corrected chi connectivity index (χ1v) is 37.9. The standard InChI is InChI=1S/C89H90O12/c1-49(45-91)69-42-71-58-36-51-15-13-50(14-16-51)35-52-17-18-54-19-23-61-8-4-9-62-24-27-67-65(11-5-12-75(67)89(61,62)76(54)37-52)55-20-25-63-56-21-26-66(71)70(40-56)60(39-58)44-87-32-6-33-88(78(87)43-72-64-10-3-2-7-53(64)22-29-74(72)87)84(100-85(69)95)83(98-79(94)41-59(63)38-55)81-77(101-88)30-28-68-73(46-92)80(86(96)99-82(68)81)57(31-34-90)47-97-48-93/h2-3,5,7,10-23,25-26,28-30,37,40,55,57-63,71-72,74,78,83-84,90-93H,4,6,8-9,24,27,31-36,38-39,41-48H2,1H3. The molecule has 0 amide bonds. The highest BCUT2D eigenvalue weighted by Crippen LogP contribution is 2.72. The molecule has 7 aromatic rings. The van der Waals surface area contributed by atoms with Gasteiger partial charge >= 0.3 is 17.6 Å². The van der Waals surface area contributed by atoms with Crippen molar-refractivity contribution in [1.82, 2.24) is 0 Å². The SMILES string of the molecule is CC(CO)=C1CC2c3ccc4cc3C3CC2Cc2ccc(cc2)Cc2ccc5c(c2)C26c7cccc(c7CCC2CCCC6C=C5)C2C=CC4C(CC(=O)OC4c5c(ccc6c(CO)c(C(CCO)COCO)c(=O)oc56)OC5(CCCC6(C3)C3C=Cc7ccccc7C3CC65)C4OC1=O)C2. The molecule has 21 bridgehead atoms. The van der Waals surface area contributed by atoms with Crippen LogP contribution in [-0.2, 0) is 55.1 Å². The van der Waals surface area contributed by atoms with Crippen molar-refractivity contribution in [2.75, 3.05) is 26.6 Å². The Bertz CT molecular complexity index is 4740. The van der Waals surface area contributed by atoms with Crippen LogP contribution in [0, 0.1) is 40.9 Å². The highest BCUT2D eigenvalue weighted by atomic mass is 16.6. The molecule has 2 spiro atoms. The van der Waals surface area contributed by atoms with E-state index in [2.05, 4.69) is 140 Å². The molecule has 26 rings (SSSR count). The Morgan fingerprint density at radius 2 is 1.55 bits per heavy atom. The zero-order chi connectivity index (χ0) is 68.2. The molecule has 16 aliphatic carbocycles. The summed E-state index contributed by atoms with van der Waals surface area (Å²) in [4.78, 5) is 48.3. The summed E-state index contributed by atoms with van der Waals surface area (Å²) < 4.78 is 35.2. The van der Waals surface area contributed by atoms with Gasteiger partial charge < -0.3 is 43.8 Å². The first kappa shape index (κ1) is 63.9. The Kier molecular flexibility index (Phi) is 15.6. The average Bonchev–Trinajstić information content (AvgIpc) is 1.63. The molecule has 101 heavy (non-hydrogen) atoms. The maximum absolute atomic E-state index is 16.7. The number of rotatable bonds is 8. The topological polar surface area (TPSA) is 182 Å². The number of aliphatic hydroxyl groups excluding tert-OH is 4. The van der Waals surface area contributed by atoms with E-state index in [1.807, 2.05) is 13.0 Å². The second kappa shape index (κ2) is 24.6. The minimum Gasteiger partial charge on any atom is -0.482 e. The van der Waals surface area contributed by atoms with Crippen molar-refractivity contribution in [3.8, 4) is 5.75 Å². The summed E-state index contributed by atoms with van der Waals surface area (Å²) in [6.45, 7) is -0.230. The molecular weight excluding hydrogens is 1260 g/mol. The van der Waals surface area contributed by atoms with Crippen LogP contribution in [0.5, 0.6) is 5.75 Å². The second-order valence-corrected chi connectivity index (χ2v) is 32.5. The third kappa shape index (κ3) is 9.72. The lowest BCUT2D eigenvalue weighted by molar-refractivity contribution is -0.222. The number of hydrogen-bond donors (Lipinski definition) is 4. The van der Waals surface area contributed by atoms with Crippen molar-refractivity contribution in [3.63, 3.8) is 0 Å². The predicted octanol–water partition coefficient (Wildman–Crippen LogP) is 15.6. The van der Waals surface area contributed by atoms with E-state index < -0.39 is 60.1 Å². The van der Waals surface area contributed by atoms with Gasteiger partial charge in [-0.2, -0.15) is 0 Å². The van der Waals surface area contributed by atoms with Crippen molar-refractivity contribution in [2.24, 2.45) is 40.9 Å². The summed E-state index contributed by atoms with van der Waals surface area (Å²) in [6.07, 6.45) is 24.7. The van der Waals surface area contributed by atoms with E-state index in [1.165, 1.54) is 85.2 Å². The van der Waals surface area contributed by atoms with Gasteiger partial charge in [-0.25, -0.2) is 9.59 Å². The number of fused-ring (bicyclic) bond motifs is 7. The maximum Gasteiger partial charge on any atom is 0.340 e. The molecule has 3 aliphatic heterocycles. The van der Waals surface area contributed by atoms with Gasteiger partial charge in [0.25, 0.3) is 0 Å². The minimum atomic E-state index is -1.40. The second-order valence-electron chi connectivity index (χ2n) is 32.5. The molecule has 518 valence electrons. The first-order chi connectivity index (χ1) is 49.4. The third-order valence-corrected chi connectivity index (χ3v) is 28.1. The van der Waals surface area contributed by atoms with Crippen LogP contribution in [0.25, 0.3) is 23.1 Å². The van der Waals surface area contributed by atoms with Gasteiger partial charge in [0.2, 0.25) is 0 Å². The molecule has 6 aromatic carbocycles. The van der Waals surface area contributed by atoms with E-state index in [0.717, 1.165) is 51.4 Å². The van der Waals surface area contributed by atoms with Crippen LogP contribution in [-0.4, -0.2) is 70.7 Å². The van der Waals surface area contributed by atoms with Crippen LogP contribution >= 0.6 is 0 Å². The normalized spacial score (nSPS) is 33.3. The monoisotopic (exact) mass is 1350 g/mol. The molecule has 0 radical (unpaired) electrons. The predicted molar refractivity (Wildman–Crippen MR) is 385 cm³/mol. The molecule has 17 atom stereocenters. The summed E-state index contributed by atoms with van der Waals surface area (Å²) in [6, 6.07) is 43.7. The Hall–Kier alpha value is -7.97. The summed E-state index contributed by atoms with van der Waals surface area (Å²) >= 11 is 0. The minimum absolute atomic E-state index is 0.0160. The summed E-state index contributed by atoms with van der Waals surface area (Å²) in [5, 5.41) is 43.7. The van der Waals surface area contributed by atoms with E-state index in [-0.39, 0.29) is 120 Å². The summed E-state index contributed by atoms with van der Waals surface area (Å²) in [5.41, 5.74) is 15.8. The molecule has 3 fully saturated rings. The molecule has 19 aliphatic rings. The molecule has 0 saturated heterocycles. The fourth-order valence-electron chi connectivity index (χ4n) is 24.1. The van der Waals surface area contributed by atoms with Crippen molar-refractivity contribution in [1.29, 1.82) is 0 Å². The number of esters is 2. The number of benzene rings is 6. The number of allylic oxidation sites excluding steroid dienone is 4. The zero-order valence-electron chi connectivity index (χ0n) is 57.6. The van der Waals surface area contributed by atoms with E-state index in [9.17, 15) is 20.4 Å². The van der Waals surface area contributed by atoms with Crippen LogP contribution in [0.4, 0.5) is 0 Å². The number of hydrogen-bond acceptors (Lipinski definition) is 12. The Labute approximate surface area is 590 Å². The van der Waals surface area contributed by atoms with Crippen LogP contribution in [0.15, 0.2) is 160 Å². The molecule has 1 aromatic heterocycles. The quantitative estimate of drug-likeness (QED) is 0.0372. The molecule has 4 heterocycles. The average molecular weight is 1350 g/mol. The Balaban J connectivity index is 0.874. The van der Waals surface area contributed by atoms with E-state index in [1.54, 1.807) is 6.07 Å². The summed E-state index contributed by atoms with van der Waals surface area (Å²) in [7, 11) is 0. The fraction of sp³-hybridized carbons (Fsp3) is 0.449. The number of carbonyl (C=O) groups is 2. The molecule has 12 heteroatoms. The van der Waals surface area contributed by atoms with Crippen molar-refractivity contribution in [2.45, 2.75) is 181 Å². The van der Waals surface area contributed by atoms with E-state index in [4.69, 9.17) is 23.4 Å². The smallest absolute Gasteiger partial charge is 0.340 e. The number of carbonyl (C=O) groups excluding carboxylic acids is 2. The van der Waals surface area contributed by atoms with Crippen LogP contribution in [0.1, 0.15) is 227 Å². The molecular formula is C89H90O12. The number of aliphatic hydroxyl groups is 4. The molecule has 17 unspecified atom stereocenters. The lowest BCUT2D eigenvalue weighted by Crippen LogP contribution is -2.65. The van der Waals surface area contributed by atoms with Gasteiger partial charge in [0.1, 0.15) is 18.1 Å². The lowest BCUT2D eigenvalue weighted by Gasteiger charge is -2.58. The van der Waals surface area contributed by atoms with Crippen LogP contribution in [0.2, 0.25) is 0 Å². The third-order valence-electron chi connectivity index (χ3n) is 28.1. The van der Waals surface area contributed by atoms with Gasteiger partial charge in [0, 0.05) is 58.6 Å². The lowest BCUT2D eigenvalue weighted by atomic mass is 9.48. The zero-order valence-corrected chi connectivity index (χ0v) is 57.6. The van der Waals surface area contributed by atoms with Gasteiger partial charge in [0.15, 0.2) is 17.8 Å². The van der Waals surface area contributed by atoms with Crippen molar-refractivity contribution >= 4 is 35.1 Å². The van der Waals surface area contributed by atoms with Gasteiger partial charge in [-0.1, -0.05) is 146 Å². The molecule has 4 N–H and O–H groups in total. The first-order valence-electron chi connectivity index (χ1n) is 37.9. The highest BCUT2D eigenvalue weighted by Gasteiger charge is 2.71. The number of ether oxygens (including phenoxy) is 4. The van der Waals surface area contributed by atoms with Crippen molar-refractivity contribution in [3.05, 3.63) is 250 Å². The fourth-order valence-corrected chi connectivity index (χ4v) is 24.1. The maximum atomic E-state index is 16.7. The van der Waals surface area contributed by atoms with E-state index in [0.29, 0.717) is 59.8 Å². The van der Waals surface area contributed by atoms with Gasteiger partial charge in [-0.05, 0) is 252 Å². The van der Waals surface area contributed by atoms with Gasteiger partial charge in [-0.3, -0.25) is 4.79 Å². The highest BCUT2D eigenvalue weighted by molar-refractivity contribution is 5.91. The van der Waals surface area contributed by atoms with Gasteiger partial charge in [0.05, 0.1) is 25.4 Å². The van der Waals surface area contributed by atoms with Crippen molar-refractivity contribution < 1.29 is 53.4 Å². The Morgan fingerprint density at radius 1 is 0.703 bits per heavy atom. The largest absolute Gasteiger partial charge is 0.482 e. The van der Waals surface area contributed by atoms with E-state index >= 15 is 14.4 Å². The van der Waals surface area contributed by atoms with Crippen LogP contribution in [0.3, 0.4) is 0 Å². The molecule has 12 nitrogen and oxygen atoms in total. The summed E-state index contributed by atoms with van der Waals surface area (Å²) in [5.74, 6) is -1.32. The molecule has 3 saturated carbocycles. The Morgan fingerprint density at radius 3 is 2.42 bits per heavy atom.